The molecule has 0 spiro atoms. The smallest absolute Gasteiger partial charge is 0.321 e. The monoisotopic (exact) mass is 392 g/mol. The maximum atomic E-state index is 12.4. The molecule has 2 fully saturated rings. The first-order valence-corrected chi connectivity index (χ1v) is 9.82. The molecule has 2 N–H and O–H groups in total. The summed E-state index contributed by atoms with van der Waals surface area (Å²) in [6.07, 6.45) is 5.59. The topological polar surface area (TPSA) is 84.5 Å². The third-order valence-electron chi connectivity index (χ3n) is 5.55. The summed E-state index contributed by atoms with van der Waals surface area (Å²) in [4.78, 5) is 36.3. The molecule has 0 aromatic heterocycles. The van der Waals surface area contributed by atoms with Crippen LogP contribution in [0.15, 0.2) is 24.3 Å². The van der Waals surface area contributed by atoms with Gasteiger partial charge in [-0.15, -0.1) is 0 Å². The number of urea groups is 1. The van der Waals surface area contributed by atoms with Gasteiger partial charge >= 0.3 is 12.0 Å². The lowest BCUT2D eigenvalue weighted by atomic mass is 9.86. The fourth-order valence-electron chi connectivity index (χ4n) is 3.67. The van der Waals surface area contributed by atoms with Gasteiger partial charge in [0.05, 0.1) is 5.41 Å². The van der Waals surface area contributed by atoms with Crippen molar-refractivity contribution >= 4 is 29.5 Å². The van der Waals surface area contributed by atoms with Crippen LogP contribution in [0.4, 0.5) is 4.79 Å². The zero-order valence-electron chi connectivity index (χ0n) is 15.4. The Bertz CT molecular complexity index is 715. The molecule has 6 nitrogen and oxygen atoms in total. The number of esters is 1. The molecule has 27 heavy (non-hydrogen) atoms. The molecule has 0 radical (unpaired) electrons. The molecule has 146 valence electrons. The molecule has 3 amide bonds. The number of carbonyl (C=O) groups excluding carboxylic acids is 3. The van der Waals surface area contributed by atoms with E-state index >= 15 is 0 Å². The first kappa shape index (κ1) is 19.7. The fourth-order valence-corrected chi connectivity index (χ4v) is 3.80. The Morgan fingerprint density at radius 1 is 1.15 bits per heavy atom. The van der Waals surface area contributed by atoms with Crippen molar-refractivity contribution in [1.29, 1.82) is 0 Å². The highest BCUT2D eigenvalue weighted by Gasteiger charge is 2.52. The van der Waals surface area contributed by atoms with Gasteiger partial charge in [0.1, 0.15) is 0 Å². The van der Waals surface area contributed by atoms with Crippen LogP contribution in [0.25, 0.3) is 0 Å². The Hall–Kier alpha value is -2.08. The first-order chi connectivity index (χ1) is 12.9. The second-order valence-corrected chi connectivity index (χ2v) is 7.99. The van der Waals surface area contributed by atoms with Crippen LogP contribution >= 0.6 is 11.6 Å². The van der Waals surface area contributed by atoms with E-state index in [9.17, 15) is 14.4 Å². The van der Waals surface area contributed by atoms with Crippen molar-refractivity contribution in [2.45, 2.75) is 56.9 Å². The minimum Gasteiger partial charge on any atom is -0.455 e. The minimum atomic E-state index is -0.690. The molecule has 1 aromatic carbocycles. The number of carbonyl (C=O) groups is 3. The number of imide groups is 1. The quantitative estimate of drug-likeness (QED) is 0.753. The van der Waals surface area contributed by atoms with Crippen LogP contribution in [-0.2, 0) is 19.7 Å². The largest absolute Gasteiger partial charge is 0.455 e. The van der Waals surface area contributed by atoms with E-state index in [0.29, 0.717) is 23.8 Å². The lowest BCUT2D eigenvalue weighted by Gasteiger charge is -2.29. The van der Waals surface area contributed by atoms with E-state index < -0.39 is 29.9 Å². The van der Waals surface area contributed by atoms with Crippen molar-refractivity contribution in [1.82, 2.24) is 10.6 Å². The number of hydrogen-bond donors (Lipinski definition) is 2. The molecule has 0 saturated heterocycles. The van der Waals surface area contributed by atoms with E-state index in [1.165, 1.54) is 6.42 Å². The third kappa shape index (κ3) is 4.80. The molecule has 0 bridgehead atoms. The summed E-state index contributed by atoms with van der Waals surface area (Å²) >= 11 is 5.88. The van der Waals surface area contributed by atoms with Crippen LogP contribution in [0.1, 0.15) is 51.0 Å². The second kappa shape index (κ2) is 8.30. The van der Waals surface area contributed by atoms with E-state index in [0.717, 1.165) is 24.8 Å². The van der Waals surface area contributed by atoms with Gasteiger partial charge in [-0.3, -0.25) is 14.9 Å². The molecule has 3 rings (SSSR count). The minimum absolute atomic E-state index is 0.0775. The number of benzene rings is 1. The number of rotatable bonds is 5. The normalized spacial score (nSPS) is 23.2. The summed E-state index contributed by atoms with van der Waals surface area (Å²) in [5.74, 6) is -0.677. The first-order valence-electron chi connectivity index (χ1n) is 9.44. The molecule has 0 heterocycles. The Balaban J connectivity index is 1.45. The van der Waals surface area contributed by atoms with E-state index in [2.05, 4.69) is 17.6 Å². The van der Waals surface area contributed by atoms with Crippen molar-refractivity contribution in [3.05, 3.63) is 34.9 Å². The fraction of sp³-hybridized carbons (Fsp3) is 0.550. The average Bonchev–Trinajstić information content (AvgIpc) is 3.44. The van der Waals surface area contributed by atoms with Gasteiger partial charge in [-0.25, -0.2) is 4.79 Å². The zero-order chi connectivity index (χ0) is 19.4. The van der Waals surface area contributed by atoms with Crippen LogP contribution in [-0.4, -0.2) is 30.6 Å². The lowest BCUT2D eigenvalue weighted by Crippen LogP contribution is -2.48. The van der Waals surface area contributed by atoms with Crippen molar-refractivity contribution in [2.24, 2.45) is 5.92 Å². The van der Waals surface area contributed by atoms with Crippen molar-refractivity contribution < 1.29 is 19.1 Å². The second-order valence-electron chi connectivity index (χ2n) is 7.56. The summed E-state index contributed by atoms with van der Waals surface area (Å²) in [5.41, 5.74) is 0.145. The van der Waals surface area contributed by atoms with E-state index in [1.54, 1.807) is 24.3 Å². The molecule has 7 heteroatoms. The number of amides is 3. The molecule has 2 saturated carbocycles. The number of halogens is 1. The summed E-state index contributed by atoms with van der Waals surface area (Å²) in [7, 11) is 0. The van der Waals surface area contributed by atoms with Crippen LogP contribution in [0.5, 0.6) is 0 Å². The number of hydrogen-bond acceptors (Lipinski definition) is 4. The predicted octanol–water partition coefficient (Wildman–Crippen LogP) is 3.32. The standard InChI is InChI=1S/C20H25ClN2O4/c1-13-4-2-3-5-16(13)22-19(26)23-17(24)12-27-18(25)20(10-11-20)14-6-8-15(21)9-7-14/h6-9,13,16H,2-5,10-12H2,1H3,(H2,22,23,24,26)/t13-,16+/m0/s1. The van der Waals surface area contributed by atoms with Crippen LogP contribution in [0.3, 0.4) is 0 Å². The summed E-state index contributed by atoms with van der Waals surface area (Å²) in [5, 5.41) is 5.67. The molecular formula is C20H25ClN2O4. The number of ether oxygens (including phenoxy) is 1. The van der Waals surface area contributed by atoms with Gasteiger partial charge in [-0.1, -0.05) is 43.5 Å². The molecule has 2 atom stereocenters. The SMILES string of the molecule is C[C@H]1CCCC[C@H]1NC(=O)NC(=O)COC(=O)C1(c2ccc(Cl)cc2)CC1. The van der Waals surface area contributed by atoms with E-state index in [-0.39, 0.29) is 6.04 Å². The van der Waals surface area contributed by atoms with Crippen LogP contribution in [0, 0.1) is 5.92 Å². The third-order valence-corrected chi connectivity index (χ3v) is 5.80. The Morgan fingerprint density at radius 2 is 1.81 bits per heavy atom. The van der Waals surface area contributed by atoms with Gasteiger partial charge in [0.15, 0.2) is 6.61 Å². The van der Waals surface area contributed by atoms with Gasteiger partial charge in [0.2, 0.25) is 0 Å². The van der Waals surface area contributed by atoms with Gasteiger partial charge in [0.25, 0.3) is 5.91 Å². The molecule has 2 aliphatic rings. The van der Waals surface area contributed by atoms with Crippen molar-refractivity contribution in [3.63, 3.8) is 0 Å². The zero-order valence-corrected chi connectivity index (χ0v) is 16.2. The maximum Gasteiger partial charge on any atom is 0.321 e. The summed E-state index contributed by atoms with van der Waals surface area (Å²) in [6, 6.07) is 6.61. The van der Waals surface area contributed by atoms with Crippen LogP contribution in [0.2, 0.25) is 5.02 Å². The highest BCUT2D eigenvalue weighted by Crippen LogP contribution is 2.49. The summed E-state index contributed by atoms with van der Waals surface area (Å²) in [6.45, 7) is 1.63. The van der Waals surface area contributed by atoms with Gasteiger partial charge in [-0.05, 0) is 49.3 Å². The predicted molar refractivity (Wildman–Crippen MR) is 101 cm³/mol. The lowest BCUT2D eigenvalue weighted by molar-refractivity contribution is -0.150. The van der Waals surface area contributed by atoms with Gasteiger partial charge in [0, 0.05) is 11.1 Å². The van der Waals surface area contributed by atoms with Crippen LogP contribution < -0.4 is 10.6 Å². The number of nitrogens with one attached hydrogen (secondary N) is 2. The van der Waals surface area contributed by atoms with Crippen molar-refractivity contribution in [2.75, 3.05) is 6.61 Å². The molecule has 0 unspecified atom stereocenters. The van der Waals surface area contributed by atoms with Gasteiger partial charge < -0.3 is 10.1 Å². The van der Waals surface area contributed by atoms with E-state index in [1.807, 2.05) is 0 Å². The molecule has 0 aliphatic heterocycles. The molecule has 2 aliphatic carbocycles. The molecule has 1 aromatic rings. The average molecular weight is 393 g/mol. The highest BCUT2D eigenvalue weighted by atomic mass is 35.5. The van der Waals surface area contributed by atoms with E-state index in [4.69, 9.17) is 16.3 Å². The van der Waals surface area contributed by atoms with Gasteiger partial charge in [-0.2, -0.15) is 0 Å². The summed E-state index contributed by atoms with van der Waals surface area (Å²) < 4.78 is 5.16. The Labute approximate surface area is 164 Å². The van der Waals surface area contributed by atoms with Crippen molar-refractivity contribution in [3.8, 4) is 0 Å². The maximum absolute atomic E-state index is 12.4. The highest BCUT2D eigenvalue weighted by molar-refractivity contribution is 6.30. The Kier molecular flexibility index (Phi) is 6.05. The Morgan fingerprint density at radius 3 is 2.44 bits per heavy atom. The molecular weight excluding hydrogens is 368 g/mol.